The van der Waals surface area contributed by atoms with Crippen molar-refractivity contribution in [2.75, 3.05) is 32.4 Å². The summed E-state index contributed by atoms with van der Waals surface area (Å²) < 4.78 is 24.5. The lowest BCUT2D eigenvalue weighted by Crippen LogP contribution is -2.37. The number of rotatable bonds is 4. The topological polar surface area (TPSA) is 70.6 Å². The van der Waals surface area contributed by atoms with E-state index in [-0.39, 0.29) is 5.91 Å². The first kappa shape index (κ1) is 15.9. The molecule has 1 saturated heterocycles. The number of aryl methyl sites for hydroxylation is 1. The molecule has 0 N–H and O–H groups in total. The van der Waals surface area contributed by atoms with Gasteiger partial charge < -0.3 is 4.90 Å². The van der Waals surface area contributed by atoms with Crippen molar-refractivity contribution >= 4 is 15.9 Å². The molecule has 1 aliphatic rings. The van der Waals surface area contributed by atoms with Gasteiger partial charge >= 0.3 is 0 Å². The predicted molar refractivity (Wildman–Crippen MR) is 80.2 cm³/mol. The summed E-state index contributed by atoms with van der Waals surface area (Å²) in [7, 11) is -3.17. The van der Waals surface area contributed by atoms with Gasteiger partial charge in [0.25, 0.3) is 0 Å². The van der Waals surface area contributed by atoms with Crippen LogP contribution in [0.5, 0.6) is 0 Å². The van der Waals surface area contributed by atoms with Crippen molar-refractivity contribution in [3.05, 3.63) is 30.1 Å². The van der Waals surface area contributed by atoms with Gasteiger partial charge in [0.15, 0.2) is 0 Å². The van der Waals surface area contributed by atoms with E-state index in [2.05, 4.69) is 4.98 Å². The molecule has 0 aromatic carbocycles. The first-order valence-electron chi connectivity index (χ1n) is 7.08. The van der Waals surface area contributed by atoms with E-state index < -0.39 is 10.0 Å². The molecule has 0 spiro atoms. The number of sulfonamides is 1. The molecule has 1 amide bonds. The zero-order valence-corrected chi connectivity index (χ0v) is 13.1. The summed E-state index contributed by atoms with van der Waals surface area (Å²) >= 11 is 0. The minimum Gasteiger partial charge on any atom is -0.341 e. The van der Waals surface area contributed by atoms with Gasteiger partial charge in [0, 0.05) is 45.0 Å². The highest BCUT2D eigenvalue weighted by Crippen LogP contribution is 2.10. The Morgan fingerprint density at radius 3 is 2.57 bits per heavy atom. The van der Waals surface area contributed by atoms with Crippen LogP contribution >= 0.6 is 0 Å². The average molecular weight is 311 g/mol. The third-order valence-electron chi connectivity index (χ3n) is 3.65. The predicted octanol–water partition coefficient (Wildman–Crippen LogP) is 0.508. The number of hydrogen-bond acceptors (Lipinski definition) is 4. The van der Waals surface area contributed by atoms with E-state index in [1.165, 1.54) is 10.6 Å². The van der Waals surface area contributed by atoms with Gasteiger partial charge in [0.2, 0.25) is 15.9 Å². The second-order valence-corrected chi connectivity index (χ2v) is 7.23. The minimum atomic E-state index is -3.17. The zero-order chi connectivity index (χ0) is 15.3. The molecule has 0 atom stereocenters. The zero-order valence-electron chi connectivity index (χ0n) is 12.2. The van der Waals surface area contributed by atoms with Gasteiger partial charge in [0.1, 0.15) is 0 Å². The lowest BCUT2D eigenvalue weighted by molar-refractivity contribution is -0.131. The fraction of sp³-hybridized carbons (Fsp3) is 0.571. The van der Waals surface area contributed by atoms with E-state index in [0.29, 0.717) is 45.4 Å². The maximum Gasteiger partial charge on any atom is 0.222 e. The first-order valence-corrected chi connectivity index (χ1v) is 8.93. The van der Waals surface area contributed by atoms with E-state index in [4.69, 9.17) is 0 Å². The molecule has 1 fully saturated rings. The fourth-order valence-electron chi connectivity index (χ4n) is 2.43. The molecule has 2 heterocycles. The van der Waals surface area contributed by atoms with Crippen molar-refractivity contribution < 1.29 is 13.2 Å². The lowest BCUT2D eigenvalue weighted by atomic mass is 10.1. The monoisotopic (exact) mass is 311 g/mol. The molecule has 1 aromatic rings. The molecule has 0 radical (unpaired) electrons. The van der Waals surface area contributed by atoms with Gasteiger partial charge in [0.05, 0.1) is 6.26 Å². The summed E-state index contributed by atoms with van der Waals surface area (Å²) in [5.74, 6) is 0.0853. The quantitative estimate of drug-likeness (QED) is 0.812. The van der Waals surface area contributed by atoms with Crippen molar-refractivity contribution in [1.82, 2.24) is 14.2 Å². The maximum atomic E-state index is 12.2. The Kier molecular flexibility index (Phi) is 5.30. The SMILES string of the molecule is CS(=O)(=O)N1CCCN(C(=O)CCc2ccncc2)CC1. The third-order valence-corrected chi connectivity index (χ3v) is 4.96. The Labute approximate surface area is 125 Å². The summed E-state index contributed by atoms with van der Waals surface area (Å²) in [6.07, 6.45) is 6.48. The highest BCUT2D eigenvalue weighted by Gasteiger charge is 2.23. The largest absolute Gasteiger partial charge is 0.341 e. The van der Waals surface area contributed by atoms with Gasteiger partial charge in [-0.05, 0) is 30.5 Å². The molecule has 0 bridgehead atoms. The number of amides is 1. The van der Waals surface area contributed by atoms with Crippen LogP contribution in [0, 0.1) is 0 Å². The van der Waals surface area contributed by atoms with E-state index in [9.17, 15) is 13.2 Å². The average Bonchev–Trinajstić information content (AvgIpc) is 2.71. The van der Waals surface area contributed by atoms with E-state index >= 15 is 0 Å². The molecule has 0 aliphatic carbocycles. The van der Waals surface area contributed by atoms with Gasteiger partial charge in [-0.25, -0.2) is 12.7 Å². The van der Waals surface area contributed by atoms with Crippen LogP contribution in [0.3, 0.4) is 0 Å². The second-order valence-electron chi connectivity index (χ2n) is 5.25. The van der Waals surface area contributed by atoms with Crippen LogP contribution in [0.4, 0.5) is 0 Å². The normalized spacial score (nSPS) is 17.5. The summed E-state index contributed by atoms with van der Waals surface area (Å²) in [5.41, 5.74) is 1.09. The van der Waals surface area contributed by atoms with Gasteiger partial charge in [-0.15, -0.1) is 0 Å². The summed E-state index contributed by atoms with van der Waals surface area (Å²) in [5, 5.41) is 0. The van der Waals surface area contributed by atoms with E-state index in [0.717, 1.165) is 5.56 Å². The van der Waals surface area contributed by atoms with Gasteiger partial charge in [-0.1, -0.05) is 0 Å². The first-order chi connectivity index (χ1) is 9.97. The maximum absolute atomic E-state index is 12.2. The van der Waals surface area contributed by atoms with Crippen LogP contribution < -0.4 is 0 Å². The number of aromatic nitrogens is 1. The van der Waals surface area contributed by atoms with E-state index in [1.807, 2.05) is 12.1 Å². The van der Waals surface area contributed by atoms with Crippen molar-refractivity contribution in [3.8, 4) is 0 Å². The Bertz CT molecular complexity index is 574. The summed E-state index contributed by atoms with van der Waals surface area (Å²) in [6.45, 7) is 1.98. The van der Waals surface area contributed by atoms with Gasteiger partial charge in [-0.2, -0.15) is 0 Å². The van der Waals surface area contributed by atoms with Crippen LogP contribution in [-0.2, 0) is 21.2 Å². The third kappa shape index (κ3) is 4.78. The van der Waals surface area contributed by atoms with Crippen LogP contribution in [0.25, 0.3) is 0 Å². The fourth-order valence-corrected chi connectivity index (χ4v) is 3.31. The van der Waals surface area contributed by atoms with E-state index in [1.54, 1.807) is 17.3 Å². The summed E-state index contributed by atoms with van der Waals surface area (Å²) in [6, 6.07) is 3.81. The van der Waals surface area contributed by atoms with Gasteiger partial charge in [-0.3, -0.25) is 9.78 Å². The molecule has 1 aromatic heterocycles. The molecular formula is C14H21N3O3S. The Balaban J connectivity index is 1.86. The van der Waals surface area contributed by atoms with Crippen molar-refractivity contribution in [3.63, 3.8) is 0 Å². The molecule has 2 rings (SSSR count). The lowest BCUT2D eigenvalue weighted by Gasteiger charge is -2.21. The molecule has 7 heteroatoms. The summed E-state index contributed by atoms with van der Waals surface area (Å²) in [4.78, 5) is 17.9. The highest BCUT2D eigenvalue weighted by atomic mass is 32.2. The smallest absolute Gasteiger partial charge is 0.222 e. The van der Waals surface area contributed by atoms with Crippen LogP contribution in [0.1, 0.15) is 18.4 Å². The molecular weight excluding hydrogens is 290 g/mol. The number of carbonyl (C=O) groups excluding carboxylic acids is 1. The number of hydrogen-bond donors (Lipinski definition) is 0. The van der Waals surface area contributed by atoms with Crippen LogP contribution in [0.15, 0.2) is 24.5 Å². The van der Waals surface area contributed by atoms with Crippen LogP contribution in [-0.4, -0.2) is 60.9 Å². The number of carbonyl (C=O) groups is 1. The van der Waals surface area contributed by atoms with Crippen molar-refractivity contribution in [1.29, 1.82) is 0 Å². The number of nitrogens with zero attached hydrogens (tertiary/aromatic N) is 3. The Hall–Kier alpha value is -1.47. The Morgan fingerprint density at radius 2 is 1.90 bits per heavy atom. The molecule has 6 nitrogen and oxygen atoms in total. The minimum absolute atomic E-state index is 0.0853. The standard InChI is InChI=1S/C14H21N3O3S/c1-21(19,20)17-10-2-9-16(11-12-17)14(18)4-3-13-5-7-15-8-6-13/h5-8H,2-4,9-12H2,1H3. The molecule has 116 valence electrons. The molecule has 0 saturated carbocycles. The molecule has 1 aliphatic heterocycles. The van der Waals surface area contributed by atoms with Crippen molar-refractivity contribution in [2.45, 2.75) is 19.3 Å². The van der Waals surface area contributed by atoms with Crippen molar-refractivity contribution in [2.24, 2.45) is 0 Å². The van der Waals surface area contributed by atoms with Crippen LogP contribution in [0.2, 0.25) is 0 Å². The molecule has 0 unspecified atom stereocenters. The highest BCUT2D eigenvalue weighted by molar-refractivity contribution is 7.88. The second kappa shape index (κ2) is 7.00. The molecule has 21 heavy (non-hydrogen) atoms. The number of pyridine rings is 1. The Morgan fingerprint density at radius 1 is 1.19 bits per heavy atom.